The molecule has 8 nitrogen and oxygen atoms in total. The minimum absolute atomic E-state index is 0. The second kappa shape index (κ2) is 13.2. The number of aliphatic hydroxyl groups is 1. The first-order valence-electron chi connectivity index (χ1n) is 10.6. The average Bonchev–Trinajstić information content (AvgIpc) is 3.07. The molecular weight excluding hydrogens is 468 g/mol. The number of fused-ring (bicyclic) bond motifs is 1. The Balaban J connectivity index is 0.00000385. The van der Waals surface area contributed by atoms with Gasteiger partial charge in [-0.05, 0) is 42.8 Å². The van der Waals surface area contributed by atoms with Gasteiger partial charge in [0.15, 0.2) is 6.61 Å². The molecule has 1 aromatic heterocycles. The Morgan fingerprint density at radius 3 is 2.61 bits per heavy atom. The predicted octanol–water partition coefficient (Wildman–Crippen LogP) is -1.91. The molecule has 1 heterocycles. The summed E-state index contributed by atoms with van der Waals surface area (Å²) in [6.45, 7) is 3.54. The van der Waals surface area contributed by atoms with Crippen molar-refractivity contribution in [1.82, 2.24) is 4.57 Å². The summed E-state index contributed by atoms with van der Waals surface area (Å²) in [5.74, 6) is 0.884. The molecule has 0 amide bonds. The van der Waals surface area contributed by atoms with E-state index in [1.807, 2.05) is 47.8 Å². The number of aliphatic hydroxyl groups excluding tert-OH is 1. The third-order valence-electron chi connectivity index (χ3n) is 4.87. The Morgan fingerprint density at radius 2 is 1.88 bits per heavy atom. The molecule has 0 saturated heterocycles. The van der Waals surface area contributed by atoms with E-state index in [0.717, 1.165) is 28.7 Å². The van der Waals surface area contributed by atoms with Crippen LogP contribution in [0.1, 0.15) is 12.5 Å². The Bertz CT molecular complexity index is 1080. The number of halogens is 1. The van der Waals surface area contributed by atoms with Gasteiger partial charge in [0.1, 0.15) is 30.8 Å². The summed E-state index contributed by atoms with van der Waals surface area (Å²) in [6, 6.07) is 13.1. The highest BCUT2D eigenvalue weighted by Gasteiger charge is 2.10. The molecule has 0 fully saturated rings. The third-order valence-corrected chi connectivity index (χ3v) is 5.86. The summed E-state index contributed by atoms with van der Waals surface area (Å²) in [7, 11) is 1.75. The van der Waals surface area contributed by atoms with Crippen LogP contribution in [0.3, 0.4) is 0 Å². The molecule has 0 aliphatic rings. The molecule has 2 aromatic carbocycles. The molecule has 0 bridgehead atoms. The lowest BCUT2D eigenvalue weighted by Gasteiger charge is -2.12. The van der Waals surface area contributed by atoms with Crippen LogP contribution in [0.25, 0.3) is 10.2 Å². The summed E-state index contributed by atoms with van der Waals surface area (Å²) < 4.78 is 18.4. The van der Waals surface area contributed by atoms with E-state index < -0.39 is 6.10 Å². The Kier molecular flexibility index (Phi) is 10.7. The fourth-order valence-corrected chi connectivity index (χ4v) is 4.05. The van der Waals surface area contributed by atoms with Crippen LogP contribution >= 0.6 is 11.3 Å². The standard InChI is InChI=1S/C23H28N2O6S.ClH/c1-3-29-22(27)15-31-18-6-4-16(5-7-18)10-11-24-13-17(26)14-30-19-8-9-20-21(12-19)32-23(28)25(20)2;/h4-9,12,17,24,26H,3,10-11,13-15H2,1-2H3;1H. The van der Waals surface area contributed by atoms with Gasteiger partial charge in [-0.1, -0.05) is 23.5 Å². The highest BCUT2D eigenvalue weighted by Crippen LogP contribution is 2.22. The number of rotatable bonds is 12. The largest absolute Gasteiger partial charge is 1.00 e. The zero-order chi connectivity index (χ0) is 22.9. The van der Waals surface area contributed by atoms with Gasteiger partial charge in [0.05, 0.1) is 23.4 Å². The van der Waals surface area contributed by atoms with Gasteiger partial charge < -0.3 is 41.6 Å². The van der Waals surface area contributed by atoms with E-state index in [0.29, 0.717) is 24.7 Å². The lowest BCUT2D eigenvalue weighted by molar-refractivity contribution is -0.660. The molecule has 1 unspecified atom stereocenters. The smallest absolute Gasteiger partial charge is 0.344 e. The zero-order valence-corrected chi connectivity index (χ0v) is 20.2. The van der Waals surface area contributed by atoms with E-state index in [-0.39, 0.29) is 36.5 Å². The Labute approximate surface area is 202 Å². The van der Waals surface area contributed by atoms with E-state index in [9.17, 15) is 14.7 Å². The number of thiazole rings is 1. The van der Waals surface area contributed by atoms with Crippen molar-refractivity contribution in [2.75, 3.05) is 32.9 Å². The normalized spacial score (nSPS) is 11.6. The van der Waals surface area contributed by atoms with E-state index in [1.54, 1.807) is 18.5 Å². The zero-order valence-electron chi connectivity index (χ0n) is 18.7. The molecule has 0 radical (unpaired) electrons. The monoisotopic (exact) mass is 496 g/mol. The van der Waals surface area contributed by atoms with Crippen LogP contribution in [0.2, 0.25) is 0 Å². The van der Waals surface area contributed by atoms with Crippen molar-refractivity contribution in [1.29, 1.82) is 0 Å². The molecule has 0 aliphatic carbocycles. The number of nitrogens with zero attached hydrogens (tertiary/aromatic N) is 1. The fraction of sp³-hybridized carbons (Fsp3) is 0.391. The minimum atomic E-state index is -0.598. The van der Waals surface area contributed by atoms with Crippen molar-refractivity contribution in [3.8, 4) is 11.5 Å². The molecule has 3 rings (SSSR count). The number of aryl methyl sites for hydroxylation is 1. The number of benzene rings is 2. The number of nitrogens with two attached hydrogens (primary N) is 1. The number of aromatic nitrogens is 1. The van der Waals surface area contributed by atoms with Crippen molar-refractivity contribution in [2.45, 2.75) is 19.4 Å². The number of carbonyl (C=O) groups is 1. The third kappa shape index (κ3) is 8.04. The van der Waals surface area contributed by atoms with Gasteiger partial charge in [-0.15, -0.1) is 0 Å². The quantitative estimate of drug-likeness (QED) is 0.224. The molecule has 3 aromatic rings. The second-order valence-electron chi connectivity index (χ2n) is 7.32. The maximum atomic E-state index is 11.7. The van der Waals surface area contributed by atoms with Gasteiger partial charge in [0.25, 0.3) is 0 Å². The number of carbonyl (C=O) groups excluding carboxylic acids is 1. The molecule has 10 heteroatoms. The number of quaternary nitrogens is 1. The van der Waals surface area contributed by atoms with Gasteiger partial charge in [-0.3, -0.25) is 4.79 Å². The first-order valence-corrected chi connectivity index (χ1v) is 11.4. The topological polar surface area (TPSA) is 104 Å². The van der Waals surface area contributed by atoms with E-state index in [4.69, 9.17) is 14.2 Å². The van der Waals surface area contributed by atoms with E-state index >= 15 is 0 Å². The predicted molar refractivity (Wildman–Crippen MR) is 123 cm³/mol. The van der Waals surface area contributed by atoms with Gasteiger partial charge in [0.2, 0.25) is 0 Å². The highest BCUT2D eigenvalue weighted by molar-refractivity contribution is 7.16. The SMILES string of the molecule is CCOC(=O)COc1ccc(CC[NH2+]CC(O)COc2ccc3c(c2)sc(=O)n3C)cc1.[Cl-]. The molecule has 0 spiro atoms. The number of ether oxygens (including phenoxy) is 3. The van der Waals surface area contributed by atoms with Crippen molar-refractivity contribution < 1.29 is 41.8 Å². The van der Waals surface area contributed by atoms with Crippen molar-refractivity contribution in [3.63, 3.8) is 0 Å². The van der Waals surface area contributed by atoms with Crippen molar-refractivity contribution in [2.24, 2.45) is 7.05 Å². The molecule has 3 N–H and O–H groups in total. The average molecular weight is 497 g/mol. The lowest BCUT2D eigenvalue weighted by Crippen LogP contribution is -3.00. The van der Waals surface area contributed by atoms with Crippen LogP contribution in [0.15, 0.2) is 47.3 Å². The lowest BCUT2D eigenvalue weighted by atomic mass is 10.1. The summed E-state index contributed by atoms with van der Waals surface area (Å²) in [5, 5.41) is 12.2. The van der Waals surface area contributed by atoms with Crippen LogP contribution in [0.5, 0.6) is 11.5 Å². The van der Waals surface area contributed by atoms with E-state index in [1.165, 1.54) is 11.3 Å². The first-order chi connectivity index (χ1) is 15.5. The van der Waals surface area contributed by atoms with Gasteiger partial charge in [-0.25, -0.2) is 4.79 Å². The summed E-state index contributed by atoms with van der Waals surface area (Å²) in [5.41, 5.74) is 2.02. The van der Waals surface area contributed by atoms with Gasteiger partial charge >= 0.3 is 10.8 Å². The second-order valence-corrected chi connectivity index (χ2v) is 8.32. The molecule has 1 atom stereocenters. The van der Waals surface area contributed by atoms with Gasteiger partial charge in [-0.2, -0.15) is 0 Å². The maximum absolute atomic E-state index is 11.7. The number of hydrogen-bond acceptors (Lipinski definition) is 7. The minimum Gasteiger partial charge on any atom is -1.00 e. The van der Waals surface area contributed by atoms with Crippen LogP contribution in [-0.2, 0) is 23.0 Å². The Hall–Kier alpha value is -2.59. The fourth-order valence-electron chi connectivity index (χ4n) is 3.14. The molecule has 33 heavy (non-hydrogen) atoms. The first kappa shape index (κ1) is 26.7. The van der Waals surface area contributed by atoms with Crippen LogP contribution in [0.4, 0.5) is 0 Å². The summed E-state index contributed by atoms with van der Waals surface area (Å²) in [6.07, 6.45) is 0.244. The molecule has 0 aliphatic heterocycles. The summed E-state index contributed by atoms with van der Waals surface area (Å²) >= 11 is 1.18. The van der Waals surface area contributed by atoms with Gasteiger partial charge in [0, 0.05) is 13.5 Å². The maximum Gasteiger partial charge on any atom is 0.344 e. The summed E-state index contributed by atoms with van der Waals surface area (Å²) in [4.78, 5) is 23.0. The van der Waals surface area contributed by atoms with Crippen LogP contribution in [0, 0.1) is 0 Å². The molecule has 0 saturated carbocycles. The van der Waals surface area contributed by atoms with Crippen LogP contribution < -0.4 is 32.1 Å². The molecule has 180 valence electrons. The van der Waals surface area contributed by atoms with E-state index in [2.05, 4.69) is 0 Å². The van der Waals surface area contributed by atoms with Crippen molar-refractivity contribution in [3.05, 3.63) is 57.7 Å². The number of hydrogen-bond donors (Lipinski definition) is 2. The van der Waals surface area contributed by atoms with Crippen LogP contribution in [-0.4, -0.2) is 54.7 Å². The van der Waals surface area contributed by atoms with Crippen molar-refractivity contribution >= 4 is 27.5 Å². The highest BCUT2D eigenvalue weighted by atomic mass is 35.5. The number of esters is 1. The Morgan fingerprint density at radius 1 is 1.15 bits per heavy atom. The molecular formula is C23H29ClN2O6S.